The molecular weight excluding hydrogens is 252 g/mol. The van der Waals surface area contributed by atoms with Gasteiger partial charge >= 0.3 is 0 Å². The highest BCUT2D eigenvalue weighted by Gasteiger charge is 2.07. The van der Waals surface area contributed by atoms with Crippen LogP contribution in [0, 0.1) is 0 Å². The van der Waals surface area contributed by atoms with E-state index in [0.717, 1.165) is 17.0 Å². The number of nitrogens with zero attached hydrogens (tertiary/aromatic N) is 2. The van der Waals surface area contributed by atoms with Crippen molar-refractivity contribution >= 4 is 17.2 Å². The van der Waals surface area contributed by atoms with Crippen LogP contribution in [0.2, 0.25) is 0 Å². The summed E-state index contributed by atoms with van der Waals surface area (Å²) in [4.78, 5) is 15.8. The molecule has 0 saturated carbocycles. The number of primary amides is 1. The predicted octanol–water partition coefficient (Wildman–Crippen LogP) is 2.05. The molecule has 0 unspecified atom stereocenters. The maximum Gasteiger partial charge on any atom is 0.250 e. The van der Waals surface area contributed by atoms with Gasteiger partial charge in [0.25, 0.3) is 5.91 Å². The molecule has 0 aliphatic carbocycles. The molecular formula is C15H14N4O. The minimum atomic E-state index is -0.442. The summed E-state index contributed by atoms with van der Waals surface area (Å²) in [5.41, 5.74) is 8.34. The average molecular weight is 266 g/mol. The van der Waals surface area contributed by atoms with Gasteiger partial charge in [-0.2, -0.15) is 0 Å². The third kappa shape index (κ3) is 2.33. The van der Waals surface area contributed by atoms with Crippen molar-refractivity contribution in [3.05, 3.63) is 66.1 Å². The second-order valence-electron chi connectivity index (χ2n) is 4.46. The molecule has 20 heavy (non-hydrogen) atoms. The van der Waals surface area contributed by atoms with Crippen molar-refractivity contribution in [2.24, 2.45) is 5.73 Å². The van der Waals surface area contributed by atoms with Crippen LogP contribution in [0.4, 0.5) is 5.69 Å². The lowest BCUT2D eigenvalue weighted by Crippen LogP contribution is -2.14. The van der Waals surface area contributed by atoms with E-state index in [4.69, 9.17) is 5.73 Å². The molecule has 1 aromatic carbocycles. The van der Waals surface area contributed by atoms with E-state index in [-0.39, 0.29) is 0 Å². The van der Waals surface area contributed by atoms with E-state index in [0.29, 0.717) is 12.1 Å². The maximum absolute atomic E-state index is 11.3. The van der Waals surface area contributed by atoms with E-state index in [1.807, 2.05) is 47.1 Å². The Morgan fingerprint density at radius 3 is 2.80 bits per heavy atom. The van der Waals surface area contributed by atoms with E-state index in [9.17, 15) is 4.79 Å². The number of carbonyl (C=O) groups excluding carboxylic acids is 1. The summed E-state index contributed by atoms with van der Waals surface area (Å²) in [6.07, 6.45) is 3.90. The summed E-state index contributed by atoms with van der Waals surface area (Å²) >= 11 is 0. The number of fused-ring (bicyclic) bond motifs is 1. The molecule has 3 N–H and O–H groups in total. The first-order valence-corrected chi connectivity index (χ1v) is 6.29. The van der Waals surface area contributed by atoms with E-state index < -0.39 is 5.91 Å². The Bertz CT molecular complexity index is 730. The molecule has 0 atom stereocenters. The largest absolute Gasteiger partial charge is 0.379 e. The molecule has 3 rings (SSSR count). The Morgan fingerprint density at radius 1 is 1.20 bits per heavy atom. The van der Waals surface area contributed by atoms with Crippen LogP contribution < -0.4 is 11.1 Å². The molecule has 0 fully saturated rings. The number of pyridine rings is 1. The molecule has 5 heteroatoms. The molecule has 0 aliphatic heterocycles. The minimum Gasteiger partial charge on any atom is -0.379 e. The molecule has 1 amide bonds. The van der Waals surface area contributed by atoms with Crippen LogP contribution >= 0.6 is 0 Å². The molecule has 2 heterocycles. The van der Waals surface area contributed by atoms with Crippen LogP contribution in [0.5, 0.6) is 0 Å². The van der Waals surface area contributed by atoms with Crippen molar-refractivity contribution < 1.29 is 4.79 Å². The highest BCUT2D eigenvalue weighted by Crippen LogP contribution is 2.15. The fourth-order valence-electron chi connectivity index (χ4n) is 2.11. The Balaban J connectivity index is 1.81. The van der Waals surface area contributed by atoms with Crippen molar-refractivity contribution in [1.29, 1.82) is 0 Å². The normalized spacial score (nSPS) is 10.6. The number of amides is 1. The second kappa shape index (κ2) is 5.05. The number of aromatic nitrogens is 2. The Kier molecular flexibility index (Phi) is 3.09. The molecule has 100 valence electrons. The average Bonchev–Trinajstić information content (AvgIpc) is 2.88. The molecule has 0 bridgehead atoms. The number of hydrogen-bond donors (Lipinski definition) is 2. The van der Waals surface area contributed by atoms with Gasteiger partial charge in [-0.05, 0) is 24.3 Å². The molecule has 2 aromatic heterocycles. The number of benzene rings is 1. The van der Waals surface area contributed by atoms with Gasteiger partial charge in [0.15, 0.2) is 0 Å². The zero-order chi connectivity index (χ0) is 13.9. The standard InChI is InChI=1S/C15H14N4O/c16-15(20)12-5-1-2-6-13(12)17-9-11-10-19-8-4-3-7-14(19)18-11/h1-8,10,17H,9H2,(H2,16,20). The monoisotopic (exact) mass is 266 g/mol. The number of nitrogens with two attached hydrogens (primary N) is 1. The van der Waals surface area contributed by atoms with Crippen LogP contribution in [-0.2, 0) is 6.54 Å². The zero-order valence-corrected chi connectivity index (χ0v) is 10.8. The number of imidazole rings is 1. The number of para-hydroxylation sites is 1. The lowest BCUT2D eigenvalue weighted by Gasteiger charge is -2.08. The minimum absolute atomic E-state index is 0.442. The van der Waals surface area contributed by atoms with Gasteiger partial charge in [-0.25, -0.2) is 4.98 Å². The van der Waals surface area contributed by atoms with Crippen LogP contribution in [0.15, 0.2) is 54.9 Å². The molecule has 0 spiro atoms. The smallest absolute Gasteiger partial charge is 0.250 e. The topological polar surface area (TPSA) is 72.4 Å². The Hall–Kier alpha value is -2.82. The molecule has 0 radical (unpaired) electrons. The highest BCUT2D eigenvalue weighted by atomic mass is 16.1. The molecule has 5 nitrogen and oxygen atoms in total. The number of rotatable bonds is 4. The predicted molar refractivity (Wildman–Crippen MR) is 77.5 cm³/mol. The fraction of sp³-hybridized carbons (Fsp3) is 0.0667. The van der Waals surface area contributed by atoms with Crippen LogP contribution in [-0.4, -0.2) is 15.3 Å². The molecule has 0 saturated heterocycles. The lowest BCUT2D eigenvalue weighted by atomic mass is 10.1. The number of nitrogens with one attached hydrogen (secondary N) is 1. The van der Waals surface area contributed by atoms with Crippen molar-refractivity contribution in [3.63, 3.8) is 0 Å². The summed E-state index contributed by atoms with van der Waals surface area (Å²) in [7, 11) is 0. The summed E-state index contributed by atoms with van der Waals surface area (Å²) < 4.78 is 1.96. The van der Waals surface area contributed by atoms with Gasteiger partial charge in [-0.1, -0.05) is 18.2 Å². The summed E-state index contributed by atoms with van der Waals surface area (Å²) in [6.45, 7) is 0.534. The lowest BCUT2D eigenvalue weighted by molar-refractivity contribution is 0.100. The van der Waals surface area contributed by atoms with Gasteiger partial charge < -0.3 is 15.5 Å². The summed E-state index contributed by atoms with van der Waals surface area (Å²) in [6, 6.07) is 13.0. The Morgan fingerprint density at radius 2 is 2.00 bits per heavy atom. The third-order valence-electron chi connectivity index (χ3n) is 3.07. The van der Waals surface area contributed by atoms with Crippen molar-refractivity contribution in [2.75, 3.05) is 5.32 Å². The third-order valence-corrected chi connectivity index (χ3v) is 3.07. The Labute approximate surface area is 116 Å². The van der Waals surface area contributed by atoms with Crippen LogP contribution in [0.3, 0.4) is 0 Å². The zero-order valence-electron chi connectivity index (χ0n) is 10.8. The van der Waals surface area contributed by atoms with Gasteiger partial charge in [0, 0.05) is 18.1 Å². The van der Waals surface area contributed by atoms with E-state index in [1.54, 1.807) is 12.1 Å². The second-order valence-corrected chi connectivity index (χ2v) is 4.46. The van der Waals surface area contributed by atoms with Gasteiger partial charge in [0.2, 0.25) is 0 Å². The van der Waals surface area contributed by atoms with Gasteiger partial charge in [-0.15, -0.1) is 0 Å². The number of hydrogen-bond acceptors (Lipinski definition) is 3. The highest BCUT2D eigenvalue weighted by molar-refractivity contribution is 5.98. The van der Waals surface area contributed by atoms with Gasteiger partial charge in [-0.3, -0.25) is 4.79 Å². The van der Waals surface area contributed by atoms with Gasteiger partial charge in [0.05, 0.1) is 17.8 Å². The van der Waals surface area contributed by atoms with Crippen molar-refractivity contribution in [3.8, 4) is 0 Å². The van der Waals surface area contributed by atoms with Crippen molar-refractivity contribution in [2.45, 2.75) is 6.54 Å². The number of carbonyl (C=O) groups is 1. The van der Waals surface area contributed by atoms with Crippen LogP contribution in [0.1, 0.15) is 16.1 Å². The first-order valence-electron chi connectivity index (χ1n) is 6.29. The van der Waals surface area contributed by atoms with E-state index >= 15 is 0 Å². The van der Waals surface area contributed by atoms with E-state index in [2.05, 4.69) is 10.3 Å². The van der Waals surface area contributed by atoms with E-state index in [1.165, 1.54) is 0 Å². The fourth-order valence-corrected chi connectivity index (χ4v) is 2.11. The molecule has 3 aromatic rings. The summed E-state index contributed by atoms with van der Waals surface area (Å²) in [5.74, 6) is -0.442. The van der Waals surface area contributed by atoms with Crippen LogP contribution in [0.25, 0.3) is 5.65 Å². The first-order chi connectivity index (χ1) is 9.74. The molecule has 0 aliphatic rings. The first kappa shape index (κ1) is 12.2. The number of anilines is 1. The van der Waals surface area contributed by atoms with Crippen molar-refractivity contribution in [1.82, 2.24) is 9.38 Å². The maximum atomic E-state index is 11.3. The van der Waals surface area contributed by atoms with Gasteiger partial charge in [0.1, 0.15) is 5.65 Å². The SMILES string of the molecule is NC(=O)c1ccccc1NCc1cn2ccccc2n1. The quantitative estimate of drug-likeness (QED) is 0.759. The summed E-state index contributed by atoms with van der Waals surface area (Å²) in [5, 5.41) is 3.20.